The van der Waals surface area contributed by atoms with E-state index in [-0.39, 0.29) is 5.91 Å². The highest BCUT2D eigenvalue weighted by Gasteiger charge is 2.43. The fourth-order valence-electron chi connectivity index (χ4n) is 3.52. The maximum absolute atomic E-state index is 13.1. The van der Waals surface area contributed by atoms with Gasteiger partial charge in [0.05, 0.1) is 27.8 Å². The van der Waals surface area contributed by atoms with E-state index >= 15 is 0 Å². The van der Waals surface area contributed by atoms with Crippen molar-refractivity contribution in [2.24, 2.45) is 5.92 Å². The van der Waals surface area contributed by atoms with Crippen molar-refractivity contribution in [2.75, 3.05) is 32.6 Å². The molecule has 160 valence electrons. The number of H-pyrrole nitrogens is 1. The maximum atomic E-state index is 13.1. The summed E-state index contributed by atoms with van der Waals surface area (Å²) in [6.07, 6.45) is 1.07. The van der Waals surface area contributed by atoms with Gasteiger partial charge >= 0.3 is 0 Å². The number of halogens is 1. The first kappa shape index (κ1) is 19.9. The van der Waals surface area contributed by atoms with E-state index in [1.807, 2.05) is 44.4 Å². The second-order valence-corrected chi connectivity index (χ2v) is 9.00. The standard InChI is InChI=1S/C22H22FN5O2S/c1-28(2)7-8-30-18-6-5-16-14(11-24-27-16)20(18)12-3-4-17-19(9-12)31-22(25-17)26-21(29)13-10-15(13)23/h3-6,9,11,13,15H,7-8,10H2,1-2H3,(H,24,27)(H,25,26,29)/t13?,15-/m0/s1. The SMILES string of the molecule is CN(C)CCOc1ccc2[nH]ncc2c1-c1ccc2nc(NC(=O)C3C[C@@H]3F)sc2c1. The van der Waals surface area contributed by atoms with Gasteiger partial charge in [0.2, 0.25) is 5.91 Å². The highest BCUT2D eigenvalue weighted by atomic mass is 32.1. The average Bonchev–Trinajstić information content (AvgIpc) is 3.12. The number of thiazole rings is 1. The molecule has 5 rings (SSSR count). The van der Waals surface area contributed by atoms with Crippen LogP contribution in [-0.4, -0.2) is 59.4 Å². The minimum Gasteiger partial charge on any atom is -0.492 e. The number of fused-ring (bicyclic) bond motifs is 2. The van der Waals surface area contributed by atoms with Crippen LogP contribution in [0.25, 0.3) is 32.2 Å². The number of anilines is 1. The fourth-order valence-corrected chi connectivity index (χ4v) is 4.43. The molecule has 0 radical (unpaired) electrons. The Morgan fingerprint density at radius 1 is 1.35 bits per heavy atom. The van der Waals surface area contributed by atoms with E-state index in [1.165, 1.54) is 11.3 Å². The third-order valence-corrected chi connectivity index (χ3v) is 6.27. The van der Waals surface area contributed by atoms with Gasteiger partial charge in [0.1, 0.15) is 18.5 Å². The highest BCUT2D eigenvalue weighted by Crippen LogP contribution is 2.40. The minimum atomic E-state index is -1.03. The molecule has 0 spiro atoms. The molecule has 1 aliphatic rings. The monoisotopic (exact) mass is 439 g/mol. The van der Waals surface area contributed by atoms with Gasteiger partial charge < -0.3 is 15.0 Å². The van der Waals surface area contributed by atoms with E-state index in [1.54, 1.807) is 6.20 Å². The van der Waals surface area contributed by atoms with Gasteiger partial charge in [-0.15, -0.1) is 0 Å². The molecule has 2 atom stereocenters. The second-order valence-electron chi connectivity index (χ2n) is 7.97. The number of aromatic amines is 1. The molecule has 1 aliphatic carbocycles. The lowest BCUT2D eigenvalue weighted by atomic mass is 10.0. The average molecular weight is 440 g/mol. The van der Waals surface area contributed by atoms with Crippen molar-refractivity contribution in [1.82, 2.24) is 20.1 Å². The quantitative estimate of drug-likeness (QED) is 0.453. The van der Waals surface area contributed by atoms with Gasteiger partial charge in [-0.1, -0.05) is 17.4 Å². The minimum absolute atomic E-state index is 0.298. The van der Waals surface area contributed by atoms with E-state index in [0.717, 1.165) is 44.5 Å². The van der Waals surface area contributed by atoms with Crippen LogP contribution in [0.2, 0.25) is 0 Å². The Morgan fingerprint density at radius 3 is 2.97 bits per heavy atom. The third-order valence-electron chi connectivity index (χ3n) is 5.34. The molecule has 1 unspecified atom stereocenters. The van der Waals surface area contributed by atoms with Gasteiger partial charge in [-0.25, -0.2) is 9.37 Å². The van der Waals surface area contributed by atoms with Gasteiger partial charge in [0.15, 0.2) is 5.13 Å². The molecule has 7 nitrogen and oxygen atoms in total. The summed E-state index contributed by atoms with van der Waals surface area (Å²) in [6, 6.07) is 9.88. The number of nitrogens with one attached hydrogen (secondary N) is 2. The summed E-state index contributed by atoms with van der Waals surface area (Å²) in [5.74, 6) is -0.0504. The summed E-state index contributed by atoms with van der Waals surface area (Å²) in [5, 5.41) is 11.4. The number of alkyl halides is 1. The largest absolute Gasteiger partial charge is 0.492 e. The van der Waals surface area contributed by atoms with Crippen LogP contribution in [-0.2, 0) is 4.79 Å². The molecule has 1 amide bonds. The van der Waals surface area contributed by atoms with E-state index in [0.29, 0.717) is 18.2 Å². The first-order valence-corrected chi connectivity index (χ1v) is 10.9. The fraction of sp³-hybridized carbons (Fsp3) is 0.318. The van der Waals surface area contributed by atoms with Crippen molar-refractivity contribution >= 4 is 43.5 Å². The number of likely N-dealkylation sites (N-methyl/N-ethyl adjacent to an activating group) is 1. The van der Waals surface area contributed by atoms with Crippen LogP contribution >= 0.6 is 11.3 Å². The molecule has 2 aromatic carbocycles. The topological polar surface area (TPSA) is 83.1 Å². The Kier molecular flexibility index (Phi) is 5.07. The number of amides is 1. The second kappa shape index (κ2) is 7.90. The lowest BCUT2D eigenvalue weighted by Crippen LogP contribution is -2.19. The van der Waals surface area contributed by atoms with Crippen molar-refractivity contribution in [1.29, 1.82) is 0 Å². The van der Waals surface area contributed by atoms with Crippen LogP contribution in [0, 0.1) is 5.92 Å². The number of rotatable bonds is 7. The zero-order chi connectivity index (χ0) is 21.5. The van der Waals surface area contributed by atoms with Gasteiger partial charge in [-0.2, -0.15) is 5.10 Å². The number of ether oxygens (including phenoxy) is 1. The van der Waals surface area contributed by atoms with Crippen molar-refractivity contribution in [3.8, 4) is 16.9 Å². The normalized spacial score (nSPS) is 18.1. The number of benzene rings is 2. The smallest absolute Gasteiger partial charge is 0.232 e. The number of hydrogen-bond acceptors (Lipinski definition) is 6. The molecule has 0 saturated heterocycles. The Labute approximate surface area is 182 Å². The van der Waals surface area contributed by atoms with Gasteiger partial charge in [-0.05, 0) is 50.3 Å². The molecular formula is C22H22FN5O2S. The summed E-state index contributed by atoms with van der Waals surface area (Å²) in [7, 11) is 4.02. The predicted molar refractivity (Wildman–Crippen MR) is 120 cm³/mol. The number of aromatic nitrogens is 3. The molecule has 31 heavy (non-hydrogen) atoms. The number of nitrogens with zero attached hydrogens (tertiary/aromatic N) is 3. The summed E-state index contributed by atoms with van der Waals surface area (Å²) < 4.78 is 20.2. The zero-order valence-electron chi connectivity index (χ0n) is 17.2. The van der Waals surface area contributed by atoms with Gasteiger partial charge in [0, 0.05) is 17.5 Å². The number of carbonyl (C=O) groups excluding carboxylic acids is 1. The number of carbonyl (C=O) groups is 1. The van der Waals surface area contributed by atoms with E-state index in [9.17, 15) is 9.18 Å². The molecule has 0 bridgehead atoms. The molecule has 9 heteroatoms. The summed E-state index contributed by atoms with van der Waals surface area (Å²) >= 11 is 1.38. The first-order chi connectivity index (χ1) is 15.0. The third kappa shape index (κ3) is 3.98. The Bertz CT molecular complexity index is 1270. The van der Waals surface area contributed by atoms with Crippen molar-refractivity contribution in [2.45, 2.75) is 12.6 Å². The summed E-state index contributed by atoms with van der Waals surface area (Å²) in [5.41, 5.74) is 3.65. The molecule has 1 saturated carbocycles. The van der Waals surface area contributed by atoms with Crippen LogP contribution < -0.4 is 10.1 Å². The Balaban J connectivity index is 1.49. The molecular weight excluding hydrogens is 417 g/mol. The van der Waals surface area contributed by atoms with Crippen LogP contribution in [0.3, 0.4) is 0 Å². The van der Waals surface area contributed by atoms with E-state index < -0.39 is 12.1 Å². The maximum Gasteiger partial charge on any atom is 0.232 e. The molecule has 4 aromatic rings. The van der Waals surface area contributed by atoms with Crippen LogP contribution in [0.4, 0.5) is 9.52 Å². The Hall–Kier alpha value is -3.04. The van der Waals surface area contributed by atoms with E-state index in [2.05, 4.69) is 25.4 Å². The van der Waals surface area contributed by atoms with Crippen LogP contribution in [0.1, 0.15) is 6.42 Å². The van der Waals surface area contributed by atoms with Crippen LogP contribution in [0.15, 0.2) is 36.5 Å². The van der Waals surface area contributed by atoms with E-state index in [4.69, 9.17) is 4.74 Å². The summed E-state index contributed by atoms with van der Waals surface area (Å²) in [4.78, 5) is 18.6. The molecule has 2 heterocycles. The lowest BCUT2D eigenvalue weighted by Gasteiger charge is -2.15. The lowest BCUT2D eigenvalue weighted by molar-refractivity contribution is -0.117. The molecule has 2 aromatic heterocycles. The van der Waals surface area contributed by atoms with Crippen molar-refractivity contribution in [3.63, 3.8) is 0 Å². The van der Waals surface area contributed by atoms with Crippen molar-refractivity contribution in [3.05, 3.63) is 36.5 Å². The molecule has 2 N–H and O–H groups in total. The predicted octanol–water partition coefficient (Wildman–Crippen LogP) is 4.08. The van der Waals surface area contributed by atoms with Gasteiger partial charge in [-0.3, -0.25) is 9.89 Å². The number of hydrogen-bond donors (Lipinski definition) is 2. The zero-order valence-corrected chi connectivity index (χ0v) is 18.0. The molecule has 1 fully saturated rings. The summed E-state index contributed by atoms with van der Waals surface area (Å²) in [6.45, 7) is 1.37. The Morgan fingerprint density at radius 2 is 2.19 bits per heavy atom. The first-order valence-electron chi connectivity index (χ1n) is 10.1. The molecule has 0 aliphatic heterocycles. The highest BCUT2D eigenvalue weighted by molar-refractivity contribution is 7.22. The van der Waals surface area contributed by atoms with Crippen molar-refractivity contribution < 1.29 is 13.9 Å². The van der Waals surface area contributed by atoms with Gasteiger partial charge in [0.25, 0.3) is 0 Å². The van der Waals surface area contributed by atoms with Crippen LogP contribution in [0.5, 0.6) is 5.75 Å².